The van der Waals surface area contributed by atoms with Crippen LogP contribution in [0.4, 0.5) is 0 Å². The third-order valence-electron chi connectivity index (χ3n) is 3.35. The monoisotopic (exact) mass is 285 g/mol. The Labute approximate surface area is 120 Å². The van der Waals surface area contributed by atoms with Crippen molar-refractivity contribution >= 4 is 17.6 Å². The number of alkyl halides is 1. The van der Waals surface area contributed by atoms with Crippen LogP contribution in [0, 0.1) is 0 Å². The Morgan fingerprint density at radius 3 is 2.74 bits per heavy atom. The molecule has 1 heterocycles. The molecule has 3 nitrogen and oxygen atoms in total. The summed E-state index contributed by atoms with van der Waals surface area (Å²) >= 11 is 6.28. The molecule has 0 amide bonds. The number of rotatable bonds is 10. The van der Waals surface area contributed by atoms with Gasteiger partial charge in [-0.2, -0.15) is 0 Å². The van der Waals surface area contributed by atoms with Crippen molar-refractivity contribution in [3.8, 4) is 0 Å². The number of unbranched alkanes of at least 4 members (excludes halogenated alkanes) is 4. The Kier molecular flexibility index (Phi) is 7.65. The molecule has 0 radical (unpaired) electrons. The lowest BCUT2D eigenvalue weighted by atomic mass is 10.1. The molecule has 1 aromatic rings. The van der Waals surface area contributed by atoms with Crippen molar-refractivity contribution in [2.45, 2.75) is 63.8 Å². The first kappa shape index (κ1) is 16.1. The van der Waals surface area contributed by atoms with Crippen molar-refractivity contribution in [3.05, 3.63) is 24.0 Å². The highest BCUT2D eigenvalue weighted by atomic mass is 35.5. The molecule has 4 heteroatoms. The van der Waals surface area contributed by atoms with Crippen LogP contribution in [0.15, 0.2) is 18.3 Å². The van der Waals surface area contributed by atoms with Crippen molar-refractivity contribution in [2.24, 2.45) is 0 Å². The summed E-state index contributed by atoms with van der Waals surface area (Å²) < 4.78 is 1.76. The molecule has 0 saturated carbocycles. The summed E-state index contributed by atoms with van der Waals surface area (Å²) in [5.41, 5.74) is 0.340. The first-order valence-corrected chi connectivity index (χ1v) is 7.61. The van der Waals surface area contributed by atoms with Crippen LogP contribution in [0.2, 0.25) is 0 Å². The normalized spacial score (nSPS) is 12.5. The van der Waals surface area contributed by atoms with Gasteiger partial charge in [-0.25, -0.2) is 4.79 Å². The van der Waals surface area contributed by atoms with Crippen molar-refractivity contribution < 1.29 is 9.90 Å². The van der Waals surface area contributed by atoms with E-state index in [4.69, 9.17) is 16.7 Å². The topological polar surface area (TPSA) is 42.2 Å². The van der Waals surface area contributed by atoms with Gasteiger partial charge in [0.05, 0.1) is 0 Å². The molecule has 1 N–H and O–H groups in total. The van der Waals surface area contributed by atoms with E-state index in [9.17, 15) is 4.79 Å². The van der Waals surface area contributed by atoms with Crippen LogP contribution in [0.5, 0.6) is 0 Å². The third-order valence-corrected chi connectivity index (χ3v) is 3.79. The van der Waals surface area contributed by atoms with E-state index in [0.717, 1.165) is 12.8 Å². The molecule has 1 rings (SSSR count). The summed E-state index contributed by atoms with van der Waals surface area (Å²) in [6.07, 6.45) is 9.93. The smallest absolute Gasteiger partial charge is 0.352 e. The van der Waals surface area contributed by atoms with Crippen LogP contribution in [-0.2, 0) is 6.54 Å². The summed E-state index contributed by atoms with van der Waals surface area (Å²) in [5, 5.41) is 9.13. The Morgan fingerprint density at radius 1 is 1.32 bits per heavy atom. The Hall–Kier alpha value is -0.960. The van der Waals surface area contributed by atoms with Crippen molar-refractivity contribution in [2.75, 3.05) is 0 Å². The van der Waals surface area contributed by atoms with Gasteiger partial charge in [-0.15, -0.1) is 11.6 Å². The number of carboxylic acids is 1. The molecule has 0 saturated heterocycles. The number of hydrogen-bond acceptors (Lipinski definition) is 1. The molecule has 19 heavy (non-hydrogen) atoms. The van der Waals surface area contributed by atoms with E-state index in [1.54, 1.807) is 22.9 Å². The number of hydrogen-bond donors (Lipinski definition) is 1. The van der Waals surface area contributed by atoms with Crippen LogP contribution in [-0.4, -0.2) is 21.0 Å². The van der Waals surface area contributed by atoms with Gasteiger partial charge in [0.15, 0.2) is 0 Å². The van der Waals surface area contributed by atoms with E-state index in [1.807, 2.05) is 0 Å². The zero-order valence-electron chi connectivity index (χ0n) is 11.6. The molecule has 0 aliphatic heterocycles. The molecule has 1 atom stereocenters. The SMILES string of the molecule is CCCCCCCC(Cl)CCn1cccc1C(=O)O. The average molecular weight is 286 g/mol. The largest absolute Gasteiger partial charge is 0.477 e. The molecular weight excluding hydrogens is 262 g/mol. The standard InChI is InChI=1S/C15H24ClNO2/c1-2-3-4-5-6-8-13(16)10-12-17-11-7-9-14(17)15(18)19/h7,9,11,13H,2-6,8,10,12H2,1H3,(H,18,19). The van der Waals surface area contributed by atoms with E-state index >= 15 is 0 Å². The second kappa shape index (κ2) is 9.03. The highest BCUT2D eigenvalue weighted by Gasteiger charge is 2.10. The minimum atomic E-state index is -0.879. The first-order valence-electron chi connectivity index (χ1n) is 7.17. The van der Waals surface area contributed by atoms with Crippen molar-refractivity contribution in [3.63, 3.8) is 0 Å². The van der Waals surface area contributed by atoms with E-state index in [1.165, 1.54) is 32.1 Å². The quantitative estimate of drug-likeness (QED) is 0.506. The minimum absolute atomic E-state index is 0.144. The Morgan fingerprint density at radius 2 is 2.05 bits per heavy atom. The number of carbonyl (C=O) groups is 1. The number of aromatic carboxylic acids is 1. The third kappa shape index (κ3) is 6.15. The van der Waals surface area contributed by atoms with Crippen LogP contribution in [0.25, 0.3) is 0 Å². The zero-order valence-corrected chi connectivity index (χ0v) is 12.4. The summed E-state index contributed by atoms with van der Waals surface area (Å²) in [5.74, 6) is -0.879. The summed E-state index contributed by atoms with van der Waals surface area (Å²) in [6.45, 7) is 2.89. The summed E-state index contributed by atoms with van der Waals surface area (Å²) in [7, 11) is 0. The Bertz CT molecular complexity index is 376. The second-order valence-corrected chi connectivity index (χ2v) is 5.60. The lowest BCUT2D eigenvalue weighted by Crippen LogP contribution is -2.11. The second-order valence-electron chi connectivity index (χ2n) is 4.98. The van der Waals surface area contributed by atoms with Gasteiger partial charge >= 0.3 is 5.97 Å². The van der Waals surface area contributed by atoms with E-state index in [0.29, 0.717) is 12.2 Å². The van der Waals surface area contributed by atoms with E-state index < -0.39 is 5.97 Å². The lowest BCUT2D eigenvalue weighted by Gasteiger charge is -2.11. The molecule has 108 valence electrons. The fourth-order valence-electron chi connectivity index (χ4n) is 2.20. The maximum Gasteiger partial charge on any atom is 0.352 e. The molecular formula is C15H24ClNO2. The van der Waals surface area contributed by atoms with Gasteiger partial charge in [-0.3, -0.25) is 0 Å². The highest BCUT2D eigenvalue weighted by molar-refractivity contribution is 6.20. The highest BCUT2D eigenvalue weighted by Crippen LogP contribution is 2.15. The predicted molar refractivity (Wildman–Crippen MR) is 79.0 cm³/mol. The summed E-state index contributed by atoms with van der Waals surface area (Å²) in [6, 6.07) is 3.38. The first-order chi connectivity index (χ1) is 9.15. The van der Waals surface area contributed by atoms with Crippen LogP contribution < -0.4 is 0 Å². The van der Waals surface area contributed by atoms with E-state index in [2.05, 4.69) is 6.92 Å². The van der Waals surface area contributed by atoms with E-state index in [-0.39, 0.29) is 5.38 Å². The van der Waals surface area contributed by atoms with Crippen LogP contribution in [0.1, 0.15) is 62.4 Å². The molecule has 1 unspecified atom stereocenters. The summed E-state index contributed by atoms with van der Waals surface area (Å²) in [4.78, 5) is 10.9. The number of nitrogens with zero attached hydrogens (tertiary/aromatic N) is 1. The number of aryl methyl sites for hydroxylation is 1. The molecule has 0 bridgehead atoms. The molecule has 0 aliphatic rings. The average Bonchev–Trinajstić information content (AvgIpc) is 2.84. The fourth-order valence-corrected chi connectivity index (χ4v) is 2.45. The maximum atomic E-state index is 10.9. The van der Waals surface area contributed by atoms with Gasteiger partial charge in [0.25, 0.3) is 0 Å². The molecule has 0 aromatic carbocycles. The van der Waals surface area contributed by atoms with Crippen LogP contribution in [0.3, 0.4) is 0 Å². The molecule has 1 aromatic heterocycles. The van der Waals surface area contributed by atoms with Gasteiger partial charge in [0, 0.05) is 18.1 Å². The van der Waals surface area contributed by atoms with Crippen molar-refractivity contribution in [1.82, 2.24) is 4.57 Å². The van der Waals surface area contributed by atoms with Crippen molar-refractivity contribution in [1.29, 1.82) is 0 Å². The van der Waals surface area contributed by atoms with Crippen LogP contribution >= 0.6 is 11.6 Å². The van der Waals surface area contributed by atoms with Gasteiger partial charge in [0.1, 0.15) is 5.69 Å². The molecule has 0 spiro atoms. The minimum Gasteiger partial charge on any atom is -0.477 e. The van der Waals surface area contributed by atoms with Gasteiger partial charge in [0.2, 0.25) is 0 Å². The van der Waals surface area contributed by atoms with Gasteiger partial charge in [-0.05, 0) is 25.0 Å². The Balaban J connectivity index is 2.20. The maximum absolute atomic E-state index is 10.9. The number of aromatic nitrogens is 1. The fraction of sp³-hybridized carbons (Fsp3) is 0.667. The number of carboxylic acid groups (broad SMARTS) is 1. The number of halogens is 1. The van der Waals surface area contributed by atoms with Gasteiger partial charge in [-0.1, -0.05) is 39.0 Å². The molecule has 0 fully saturated rings. The lowest BCUT2D eigenvalue weighted by molar-refractivity contribution is 0.0685. The zero-order chi connectivity index (χ0) is 14.1. The van der Waals surface area contributed by atoms with Gasteiger partial charge < -0.3 is 9.67 Å². The molecule has 0 aliphatic carbocycles. The predicted octanol–water partition coefficient (Wildman–Crippen LogP) is 4.54.